The molecule has 0 amide bonds. The third-order valence-corrected chi connectivity index (χ3v) is 0. The van der Waals surface area contributed by atoms with E-state index in [0.717, 1.165) is 0 Å². The predicted octanol–water partition coefficient (Wildman–Crippen LogP) is -3.05. The van der Waals surface area contributed by atoms with E-state index < -0.39 is 7.82 Å². The van der Waals surface area contributed by atoms with Crippen LogP contribution in [0.1, 0.15) is 0 Å². The normalized spacial score (nSPS) is 7.38. The van der Waals surface area contributed by atoms with E-state index in [4.69, 9.17) is 19.2 Å². The third-order valence-electron chi connectivity index (χ3n) is 0. The molecule has 5 N–H and O–H groups in total. The minimum atomic E-state index is -4.64. The standard InChI is InChI=1S/2Na.H3O4P.H2O.2H/c;;1-5(2,3)4;;;/h;;(H3,1,2,3,4);1H2;;. The van der Waals surface area contributed by atoms with E-state index >= 15 is 0 Å². The molecule has 0 aromatic rings. The molecule has 0 rings (SSSR count). The van der Waals surface area contributed by atoms with Crippen LogP contribution in [-0.4, -0.2) is 79.3 Å². The van der Waals surface area contributed by atoms with Gasteiger partial charge in [0.1, 0.15) is 0 Å². The first-order chi connectivity index (χ1) is 2.00. The van der Waals surface area contributed by atoms with Crippen LogP contribution in [0.3, 0.4) is 0 Å². The van der Waals surface area contributed by atoms with Crippen LogP contribution in [-0.2, 0) is 4.57 Å². The second-order valence-corrected chi connectivity index (χ2v) is 1.54. The van der Waals surface area contributed by atoms with Gasteiger partial charge in [0, 0.05) is 0 Å². The van der Waals surface area contributed by atoms with Gasteiger partial charge in [-0.25, -0.2) is 4.57 Å². The van der Waals surface area contributed by atoms with Crippen LogP contribution in [0.25, 0.3) is 0 Å². The van der Waals surface area contributed by atoms with E-state index in [1.807, 2.05) is 0 Å². The number of hydrogen-bond donors (Lipinski definition) is 3. The summed E-state index contributed by atoms with van der Waals surface area (Å²) < 4.78 is 8.88. The van der Waals surface area contributed by atoms with Gasteiger partial charge in [0.05, 0.1) is 0 Å². The van der Waals surface area contributed by atoms with Crippen LogP contribution in [0.2, 0.25) is 0 Å². The molecule has 0 fully saturated rings. The molecule has 0 bridgehead atoms. The van der Waals surface area contributed by atoms with Gasteiger partial charge in [-0.2, -0.15) is 0 Å². The van der Waals surface area contributed by atoms with Crippen molar-refractivity contribution in [1.29, 1.82) is 0 Å². The number of phosphoric acid groups is 1. The molecule has 0 saturated heterocycles. The molecule has 0 heterocycles. The van der Waals surface area contributed by atoms with Crippen LogP contribution < -0.4 is 0 Å². The Bertz CT molecular complexity index is 56.6. The van der Waals surface area contributed by atoms with Gasteiger partial charge in [0.2, 0.25) is 0 Å². The summed E-state index contributed by atoms with van der Waals surface area (Å²) in [5, 5.41) is 0. The van der Waals surface area contributed by atoms with Crippen LogP contribution in [0, 0.1) is 0 Å². The molecule has 0 radical (unpaired) electrons. The zero-order chi connectivity index (χ0) is 4.50. The zero-order valence-electron chi connectivity index (χ0n) is 2.70. The maximum atomic E-state index is 8.88. The Morgan fingerprint density at radius 1 is 1.00 bits per heavy atom. The molecule has 5 nitrogen and oxygen atoms in total. The topological polar surface area (TPSA) is 109 Å². The predicted molar refractivity (Wildman–Crippen MR) is 32.2 cm³/mol. The van der Waals surface area contributed by atoms with Crippen LogP contribution in [0.5, 0.6) is 0 Å². The first-order valence-electron chi connectivity index (χ1n) is 0.783. The summed E-state index contributed by atoms with van der Waals surface area (Å²) in [6.45, 7) is 0. The van der Waals surface area contributed by atoms with E-state index in [1.165, 1.54) is 0 Å². The zero-order valence-corrected chi connectivity index (χ0v) is 3.59. The fourth-order valence-corrected chi connectivity index (χ4v) is 0. The van der Waals surface area contributed by atoms with Gasteiger partial charge in [-0.05, 0) is 0 Å². The molecule has 0 aromatic heterocycles. The fraction of sp³-hybridized carbons (Fsp3) is 0. The molecule has 0 aromatic carbocycles. The minimum absolute atomic E-state index is 0. The summed E-state index contributed by atoms with van der Waals surface area (Å²) in [5.74, 6) is 0. The van der Waals surface area contributed by atoms with Crippen molar-refractivity contribution in [2.45, 2.75) is 0 Å². The third kappa shape index (κ3) is 94.1. The van der Waals surface area contributed by atoms with Crippen molar-refractivity contribution in [2.75, 3.05) is 0 Å². The van der Waals surface area contributed by atoms with E-state index in [2.05, 4.69) is 0 Å². The Morgan fingerprint density at radius 3 is 1.00 bits per heavy atom. The molecule has 8 heteroatoms. The monoisotopic (exact) mass is 164 g/mol. The van der Waals surface area contributed by atoms with Crippen molar-refractivity contribution in [1.82, 2.24) is 0 Å². The average Bonchev–Trinajstić information content (AvgIpc) is 0.722. The van der Waals surface area contributed by atoms with Crippen molar-refractivity contribution >= 4 is 66.9 Å². The first-order valence-corrected chi connectivity index (χ1v) is 2.35. The molecule has 8 heavy (non-hydrogen) atoms. The van der Waals surface area contributed by atoms with Gasteiger partial charge < -0.3 is 20.2 Å². The van der Waals surface area contributed by atoms with E-state index in [-0.39, 0.29) is 64.6 Å². The van der Waals surface area contributed by atoms with Crippen LogP contribution in [0.15, 0.2) is 0 Å². The SMILES string of the molecule is O.O=P(O)(O)O.[NaH].[NaH]. The van der Waals surface area contributed by atoms with Gasteiger partial charge in [0.15, 0.2) is 0 Å². The first kappa shape index (κ1) is 22.5. The molecular formula is H7Na2O5P. The quantitative estimate of drug-likeness (QED) is 0.261. The summed E-state index contributed by atoms with van der Waals surface area (Å²) in [4.78, 5) is 21.6. The molecule has 0 spiro atoms. The van der Waals surface area contributed by atoms with Gasteiger partial charge in [-0.1, -0.05) is 0 Å². The Labute approximate surface area is 90.6 Å². The second-order valence-electron chi connectivity index (χ2n) is 0.513. The summed E-state index contributed by atoms with van der Waals surface area (Å²) >= 11 is 0. The van der Waals surface area contributed by atoms with Crippen LogP contribution >= 0.6 is 7.82 Å². The summed E-state index contributed by atoms with van der Waals surface area (Å²) in [6.07, 6.45) is 0. The van der Waals surface area contributed by atoms with Crippen molar-refractivity contribution in [3.63, 3.8) is 0 Å². The van der Waals surface area contributed by atoms with Crippen molar-refractivity contribution in [3.05, 3.63) is 0 Å². The van der Waals surface area contributed by atoms with Gasteiger partial charge in [-0.15, -0.1) is 0 Å². The fourth-order valence-electron chi connectivity index (χ4n) is 0. The molecule has 0 aliphatic carbocycles. The number of hydrogen-bond acceptors (Lipinski definition) is 1. The average molecular weight is 164 g/mol. The van der Waals surface area contributed by atoms with E-state index in [9.17, 15) is 0 Å². The maximum absolute atomic E-state index is 8.88. The van der Waals surface area contributed by atoms with E-state index in [1.54, 1.807) is 0 Å². The molecule has 44 valence electrons. The van der Waals surface area contributed by atoms with Crippen LogP contribution in [0.4, 0.5) is 0 Å². The Balaban J connectivity index is -0.0000000267. The van der Waals surface area contributed by atoms with Crippen molar-refractivity contribution in [3.8, 4) is 0 Å². The molecule has 0 aliphatic rings. The molecule has 0 atom stereocenters. The van der Waals surface area contributed by atoms with Crippen molar-refractivity contribution in [2.24, 2.45) is 0 Å². The summed E-state index contributed by atoms with van der Waals surface area (Å²) in [5.41, 5.74) is 0. The molecular weight excluding hydrogens is 157 g/mol. The summed E-state index contributed by atoms with van der Waals surface area (Å²) in [7, 11) is -4.64. The molecule has 0 aliphatic heterocycles. The Morgan fingerprint density at radius 2 is 1.00 bits per heavy atom. The molecule has 0 unspecified atom stereocenters. The second kappa shape index (κ2) is 9.07. The van der Waals surface area contributed by atoms with Gasteiger partial charge in [-0.3, -0.25) is 0 Å². The van der Waals surface area contributed by atoms with Gasteiger partial charge >= 0.3 is 66.9 Å². The van der Waals surface area contributed by atoms with Gasteiger partial charge in [0.25, 0.3) is 0 Å². The molecule has 0 saturated carbocycles. The summed E-state index contributed by atoms with van der Waals surface area (Å²) in [6, 6.07) is 0. The number of rotatable bonds is 0. The Kier molecular flexibility index (Phi) is 25.5. The van der Waals surface area contributed by atoms with Crippen molar-refractivity contribution < 1.29 is 24.7 Å². The Hall–Kier alpha value is 2.07. The van der Waals surface area contributed by atoms with E-state index in [0.29, 0.717) is 0 Å².